The smallest absolute Gasteiger partial charge is 0.248 e. The zero-order valence-electron chi connectivity index (χ0n) is 52.7. The molecule has 7 aromatic carbocycles. The summed E-state index contributed by atoms with van der Waals surface area (Å²) in [6.45, 7) is 11.2. The van der Waals surface area contributed by atoms with Crippen molar-refractivity contribution in [1.82, 2.24) is 65.1 Å². The lowest BCUT2D eigenvalue weighted by Gasteiger charge is -2.21. The highest BCUT2D eigenvalue weighted by Gasteiger charge is 2.31. The SMILES string of the molecule is C=C1N=C(Nc2ccccc2O)N=C(C(Cl)(Cl)Cl)N1.CSc1ccccc1Nc1nc(C)nc(N)n1.CSc1ccccc1Nc1nc(C)nc(N)n1.Cc1cccc(-c2nc(N)nc(Nc3ccccc3O)n2)c1.Cc1cccc(-c2nc(N)nc(Nc3ccccc3O)n2)c1. The van der Waals surface area contributed by atoms with Crippen LogP contribution in [0.15, 0.2) is 202 Å². The number of thioether (sulfide) groups is 2. The fourth-order valence-corrected chi connectivity index (χ4v) is 9.69. The normalized spacial score (nSPS) is 11.3. The Kier molecular flexibility index (Phi) is 25.2. The van der Waals surface area contributed by atoms with Crippen LogP contribution in [0.2, 0.25) is 0 Å². The van der Waals surface area contributed by atoms with Crippen molar-refractivity contribution in [3.63, 3.8) is 0 Å². The van der Waals surface area contributed by atoms with Crippen molar-refractivity contribution in [2.24, 2.45) is 9.98 Å². The molecule has 0 atom stereocenters. The third-order valence-corrected chi connectivity index (χ3v) is 14.7. The minimum atomic E-state index is -1.72. The summed E-state index contributed by atoms with van der Waals surface area (Å²) in [4.78, 5) is 59.7. The molecular formula is C65H65Cl3N24O3S2. The highest BCUT2D eigenvalue weighted by atomic mass is 35.6. The van der Waals surface area contributed by atoms with Crippen LogP contribution in [0.4, 0.5) is 76.0 Å². The van der Waals surface area contributed by atoms with E-state index in [4.69, 9.17) is 57.7 Å². The molecule has 0 unspecified atom stereocenters. The first-order valence-electron chi connectivity index (χ1n) is 28.8. The van der Waals surface area contributed by atoms with E-state index in [1.54, 1.807) is 104 Å². The number of nitrogens with one attached hydrogen (secondary N) is 6. The molecule has 1 aliphatic rings. The second kappa shape index (κ2) is 34.2. The monoisotopic (exact) mass is 1400 g/mol. The van der Waals surface area contributed by atoms with E-state index in [1.807, 2.05) is 123 Å². The van der Waals surface area contributed by atoms with Gasteiger partial charge >= 0.3 is 0 Å². The van der Waals surface area contributed by atoms with Gasteiger partial charge in [-0.2, -0.15) is 69.8 Å². The highest BCUT2D eigenvalue weighted by Crippen LogP contribution is 2.32. The average Bonchev–Trinajstić information content (AvgIpc) is 0.886. The van der Waals surface area contributed by atoms with Crippen molar-refractivity contribution in [2.45, 2.75) is 41.3 Å². The van der Waals surface area contributed by atoms with Gasteiger partial charge in [-0.1, -0.05) is 150 Å². The van der Waals surface area contributed by atoms with E-state index in [1.165, 1.54) is 6.07 Å². The van der Waals surface area contributed by atoms with Gasteiger partial charge in [0.15, 0.2) is 17.5 Å². The van der Waals surface area contributed by atoms with Crippen LogP contribution < -0.4 is 54.8 Å². The van der Waals surface area contributed by atoms with E-state index in [-0.39, 0.29) is 70.6 Å². The molecule has 97 heavy (non-hydrogen) atoms. The van der Waals surface area contributed by atoms with Gasteiger partial charge < -0.3 is 70.2 Å². The molecule has 17 N–H and O–H groups in total. The number of phenols is 3. The average molecular weight is 1400 g/mol. The standard InChI is InChI=1S/2C16H15N5O.C11H9Cl3N4O.2C11H13N5S/c2*1-10-5-4-6-11(9-10)14-19-15(17)21-16(20-14)18-12-7-2-3-8-13(12)22;1-6-15-9(11(12,13)14)18-10(16-6)17-7-4-2-3-5-8(7)19;2*1-7-13-10(12)16-11(14-7)15-8-5-3-4-6-9(8)17-2/h2*2-9,22H,1H3,(H3,17,18,19,20,21);2-5,19H,1H2,(H2,15,16,17,18);2*3-6H,1-2H3,(H3,12,13,14,15,16). The number of aryl methyl sites for hydroxylation is 4. The van der Waals surface area contributed by atoms with Crippen LogP contribution in [0.25, 0.3) is 22.8 Å². The van der Waals surface area contributed by atoms with Crippen LogP contribution in [0, 0.1) is 27.7 Å². The number of alkyl halides is 3. The first kappa shape index (κ1) is 71.5. The molecule has 0 bridgehead atoms. The minimum Gasteiger partial charge on any atom is -0.506 e. The van der Waals surface area contributed by atoms with E-state index >= 15 is 0 Å². The molecular weight excluding hydrogens is 1340 g/mol. The fraction of sp³-hybridized carbons (Fsp3) is 0.108. The van der Waals surface area contributed by atoms with Gasteiger partial charge in [-0.15, -0.1) is 23.5 Å². The molecule has 0 fully saturated rings. The molecule has 0 aliphatic carbocycles. The van der Waals surface area contributed by atoms with E-state index in [0.29, 0.717) is 52.3 Å². The zero-order chi connectivity index (χ0) is 69.6. The Morgan fingerprint density at radius 2 is 0.742 bits per heavy atom. The molecule has 1 aliphatic heterocycles. The van der Waals surface area contributed by atoms with Crippen molar-refractivity contribution in [1.29, 1.82) is 0 Å². The quantitative estimate of drug-likeness (QED) is 0.0290. The molecule has 32 heteroatoms. The summed E-state index contributed by atoms with van der Waals surface area (Å²) in [5, 5.41) is 46.9. The molecule has 0 amide bonds. The number of nitrogens with zero attached hydrogens (tertiary/aromatic N) is 14. The van der Waals surface area contributed by atoms with E-state index in [9.17, 15) is 15.3 Å². The summed E-state index contributed by atoms with van der Waals surface area (Å²) in [6, 6.07) is 51.8. The van der Waals surface area contributed by atoms with Gasteiger partial charge in [0.1, 0.15) is 34.7 Å². The topological polar surface area (TPSA) is 416 Å². The minimum absolute atomic E-state index is 0.0555. The third-order valence-electron chi connectivity index (χ3n) is 12.5. The largest absolute Gasteiger partial charge is 0.506 e. The fourth-order valence-electron chi connectivity index (χ4n) is 8.32. The van der Waals surface area contributed by atoms with Crippen molar-refractivity contribution in [3.05, 3.63) is 205 Å². The third kappa shape index (κ3) is 22.1. The molecule has 0 radical (unpaired) electrons. The number of aliphatic imine (C=N–C) groups is 2. The molecule has 5 heterocycles. The van der Waals surface area contributed by atoms with Crippen LogP contribution >= 0.6 is 58.3 Å². The molecule has 11 aromatic rings. The summed E-state index contributed by atoms with van der Waals surface area (Å²) >= 11 is 20.5. The van der Waals surface area contributed by atoms with Gasteiger partial charge in [0.2, 0.25) is 57.3 Å². The number of benzene rings is 7. The maximum atomic E-state index is 9.80. The number of aromatic nitrogens is 12. The van der Waals surface area contributed by atoms with Gasteiger partial charge in [-0.05, 0) is 113 Å². The van der Waals surface area contributed by atoms with Crippen molar-refractivity contribution in [2.75, 3.05) is 62.0 Å². The van der Waals surface area contributed by atoms with Gasteiger partial charge in [0.25, 0.3) is 0 Å². The number of anilines is 13. The predicted molar refractivity (Wildman–Crippen MR) is 392 cm³/mol. The number of guanidine groups is 1. The molecule has 12 rings (SSSR count). The Morgan fingerprint density at radius 1 is 0.402 bits per heavy atom. The second-order valence-electron chi connectivity index (χ2n) is 20.1. The van der Waals surface area contributed by atoms with Crippen LogP contribution in [-0.2, 0) is 0 Å². The maximum absolute atomic E-state index is 9.80. The first-order chi connectivity index (χ1) is 46.5. The molecule has 0 saturated heterocycles. The molecule has 0 spiro atoms. The summed E-state index contributed by atoms with van der Waals surface area (Å²) in [7, 11) is 0. The van der Waals surface area contributed by atoms with Crippen molar-refractivity contribution >= 4 is 146 Å². The molecule has 4 aromatic heterocycles. The maximum Gasteiger partial charge on any atom is 0.248 e. The number of hydrogen-bond acceptors (Lipinski definition) is 29. The number of nitrogens with two attached hydrogens (primary N) is 4. The number of aromatic hydroxyl groups is 3. The number of nitrogen functional groups attached to an aromatic ring is 4. The Hall–Kier alpha value is -11.4. The molecule has 27 nitrogen and oxygen atoms in total. The number of phenolic OH excluding ortho intramolecular Hbond substituents is 3. The second-order valence-corrected chi connectivity index (χ2v) is 24.1. The van der Waals surface area contributed by atoms with Gasteiger partial charge in [0.05, 0.1) is 28.4 Å². The number of rotatable bonds is 13. The van der Waals surface area contributed by atoms with Gasteiger partial charge in [-0.25, -0.2) is 0 Å². The molecule has 0 saturated carbocycles. The van der Waals surface area contributed by atoms with Crippen LogP contribution in [0.3, 0.4) is 0 Å². The van der Waals surface area contributed by atoms with E-state index in [0.717, 1.165) is 43.4 Å². The van der Waals surface area contributed by atoms with Crippen LogP contribution in [-0.4, -0.2) is 103 Å². The lowest BCUT2D eigenvalue weighted by Crippen LogP contribution is -2.38. The number of amidine groups is 1. The lowest BCUT2D eigenvalue weighted by molar-refractivity contribution is 0.477. The summed E-state index contributed by atoms with van der Waals surface area (Å²) < 4.78 is -1.72. The van der Waals surface area contributed by atoms with E-state index < -0.39 is 3.79 Å². The van der Waals surface area contributed by atoms with Crippen molar-refractivity contribution < 1.29 is 15.3 Å². The summed E-state index contributed by atoms with van der Waals surface area (Å²) in [6.07, 6.45) is 4.04. The van der Waals surface area contributed by atoms with Gasteiger partial charge in [0, 0.05) is 20.9 Å². The van der Waals surface area contributed by atoms with Crippen LogP contribution in [0.1, 0.15) is 22.8 Å². The number of hydrogen-bond donors (Lipinski definition) is 13. The van der Waals surface area contributed by atoms with E-state index in [2.05, 4.69) is 108 Å². The Morgan fingerprint density at radius 3 is 1.10 bits per heavy atom. The Labute approximate surface area is 581 Å². The number of para-hydroxylation sites is 8. The van der Waals surface area contributed by atoms with Crippen molar-refractivity contribution in [3.8, 4) is 40.0 Å². The Bertz CT molecular complexity index is 4330. The van der Waals surface area contributed by atoms with Crippen LogP contribution in [0.5, 0.6) is 17.2 Å². The summed E-state index contributed by atoms with van der Waals surface area (Å²) in [5.41, 5.74) is 30.0. The highest BCUT2D eigenvalue weighted by molar-refractivity contribution is 7.99. The van der Waals surface area contributed by atoms with Gasteiger partial charge in [-0.3, -0.25) is 0 Å². The Balaban J connectivity index is 0.000000156. The number of halogens is 3. The first-order valence-corrected chi connectivity index (χ1v) is 32.3. The predicted octanol–water partition coefficient (Wildman–Crippen LogP) is 13.2. The summed E-state index contributed by atoms with van der Waals surface area (Å²) in [5.74, 6) is 5.13. The molecule has 496 valence electrons. The zero-order valence-corrected chi connectivity index (χ0v) is 56.6. The lowest BCUT2D eigenvalue weighted by atomic mass is 10.1.